The molecule has 0 aromatic heterocycles. The van der Waals surface area contributed by atoms with Crippen LogP contribution in [0, 0.1) is 11.7 Å². The molecule has 0 atom stereocenters. The Bertz CT molecular complexity index is 802. The molecule has 2 aromatic carbocycles. The summed E-state index contributed by atoms with van der Waals surface area (Å²) in [6.45, 7) is 11.7. The van der Waals surface area contributed by atoms with Crippen LogP contribution in [-0.4, -0.2) is 24.2 Å². The second-order valence-corrected chi connectivity index (χ2v) is 7.30. The first-order chi connectivity index (χ1) is 12.7. The molecule has 0 saturated carbocycles. The quantitative estimate of drug-likeness (QED) is 0.631. The normalized spacial score (nSPS) is 11.1. The number of benzene rings is 2. The van der Waals surface area contributed by atoms with E-state index in [1.165, 1.54) is 12.1 Å². The highest BCUT2D eigenvalue weighted by atomic mass is 19.1. The van der Waals surface area contributed by atoms with Gasteiger partial charge in [0.05, 0.1) is 12.2 Å². The molecule has 0 heterocycles. The van der Waals surface area contributed by atoms with Crippen LogP contribution in [0.25, 0.3) is 0 Å². The lowest BCUT2D eigenvalue weighted by Crippen LogP contribution is -2.17. The molecule has 0 aliphatic heterocycles. The lowest BCUT2D eigenvalue weighted by Gasteiger charge is -2.26. The molecule has 0 aliphatic carbocycles. The highest BCUT2D eigenvalue weighted by Gasteiger charge is 2.17. The number of carboxylic acids is 1. The molecule has 1 N–H and O–H groups in total. The van der Waals surface area contributed by atoms with Gasteiger partial charge < -0.3 is 14.7 Å². The summed E-state index contributed by atoms with van der Waals surface area (Å²) in [7, 11) is 0. The van der Waals surface area contributed by atoms with E-state index in [0.717, 1.165) is 17.0 Å². The fourth-order valence-electron chi connectivity index (χ4n) is 2.90. The predicted octanol–water partition coefficient (Wildman–Crippen LogP) is 5.84. The van der Waals surface area contributed by atoms with E-state index in [1.807, 2.05) is 24.0 Å². The van der Waals surface area contributed by atoms with Crippen LogP contribution in [0.15, 0.2) is 36.4 Å². The van der Waals surface area contributed by atoms with Gasteiger partial charge in [0.15, 0.2) is 0 Å². The van der Waals surface area contributed by atoms with Crippen LogP contribution in [0.1, 0.15) is 56.5 Å². The van der Waals surface area contributed by atoms with Crippen molar-refractivity contribution in [2.24, 2.45) is 5.92 Å². The smallest absolute Gasteiger partial charge is 0.338 e. The number of rotatable bonds is 8. The highest BCUT2D eigenvalue weighted by molar-refractivity contribution is 5.88. The van der Waals surface area contributed by atoms with E-state index in [9.17, 15) is 9.18 Å². The van der Waals surface area contributed by atoms with Crippen LogP contribution in [-0.2, 0) is 0 Å². The molecule has 0 fully saturated rings. The van der Waals surface area contributed by atoms with Crippen molar-refractivity contribution < 1.29 is 19.0 Å². The monoisotopic (exact) mass is 373 g/mol. The van der Waals surface area contributed by atoms with Crippen molar-refractivity contribution in [1.29, 1.82) is 0 Å². The van der Waals surface area contributed by atoms with Crippen molar-refractivity contribution in [3.8, 4) is 5.75 Å². The fraction of sp³-hybridized carbons (Fsp3) is 0.409. The molecule has 0 saturated heterocycles. The van der Waals surface area contributed by atoms with Gasteiger partial charge in [-0.1, -0.05) is 27.7 Å². The molecule has 0 amide bonds. The lowest BCUT2D eigenvalue weighted by atomic mass is 10.0. The summed E-state index contributed by atoms with van der Waals surface area (Å²) in [5.74, 6) is -0.425. The molecule has 0 unspecified atom stereocenters. The number of carboxylic acid groups (broad SMARTS) is 1. The minimum absolute atomic E-state index is 0.275. The highest BCUT2D eigenvalue weighted by Crippen LogP contribution is 2.34. The van der Waals surface area contributed by atoms with Gasteiger partial charge in [0.2, 0.25) is 0 Å². The van der Waals surface area contributed by atoms with E-state index < -0.39 is 11.8 Å². The molecular formula is C22H28FNO3. The van der Waals surface area contributed by atoms with Crippen LogP contribution in [0.4, 0.5) is 15.8 Å². The fourth-order valence-corrected chi connectivity index (χ4v) is 2.90. The lowest BCUT2D eigenvalue weighted by molar-refractivity contribution is 0.0692. The minimum atomic E-state index is -1.27. The zero-order valence-electron chi connectivity index (χ0n) is 16.6. The van der Waals surface area contributed by atoms with Gasteiger partial charge in [-0.3, -0.25) is 0 Å². The Balaban J connectivity index is 2.40. The van der Waals surface area contributed by atoms with Crippen LogP contribution >= 0.6 is 0 Å². The standard InChI is InChI=1S/C22H28FNO3/c1-6-24(17-7-9-18(22(25)26)20(23)12-17)16-8-10-21(27-13-14(2)3)19(11-16)15(4)5/h7-12,14-15H,6,13H2,1-5H3,(H,25,26). The van der Waals surface area contributed by atoms with Crippen molar-refractivity contribution >= 4 is 17.3 Å². The molecule has 5 heteroatoms. The van der Waals surface area contributed by atoms with E-state index >= 15 is 0 Å². The number of anilines is 2. The molecular weight excluding hydrogens is 345 g/mol. The van der Waals surface area contributed by atoms with Crippen molar-refractivity contribution in [1.82, 2.24) is 0 Å². The second-order valence-electron chi connectivity index (χ2n) is 7.30. The van der Waals surface area contributed by atoms with Gasteiger partial charge in [-0.05, 0) is 60.7 Å². The SMILES string of the molecule is CCN(c1ccc(C(=O)O)c(F)c1)c1ccc(OCC(C)C)c(C(C)C)c1. The van der Waals surface area contributed by atoms with Gasteiger partial charge in [-0.25, -0.2) is 9.18 Å². The van der Waals surface area contributed by atoms with Gasteiger partial charge in [-0.2, -0.15) is 0 Å². The van der Waals surface area contributed by atoms with Gasteiger partial charge in [0.25, 0.3) is 0 Å². The summed E-state index contributed by atoms with van der Waals surface area (Å²) in [6, 6.07) is 10.2. The van der Waals surface area contributed by atoms with E-state index in [-0.39, 0.29) is 11.5 Å². The average molecular weight is 373 g/mol. The summed E-state index contributed by atoms with van der Waals surface area (Å²) in [5, 5.41) is 9.02. The third-order valence-corrected chi connectivity index (χ3v) is 4.31. The van der Waals surface area contributed by atoms with Gasteiger partial charge in [0, 0.05) is 17.9 Å². The summed E-state index contributed by atoms with van der Waals surface area (Å²) < 4.78 is 20.1. The molecule has 0 radical (unpaired) electrons. The molecule has 0 spiro atoms. The third-order valence-electron chi connectivity index (χ3n) is 4.31. The maximum atomic E-state index is 14.1. The number of hydrogen-bond acceptors (Lipinski definition) is 3. The molecule has 4 nitrogen and oxygen atoms in total. The molecule has 2 rings (SSSR count). The van der Waals surface area contributed by atoms with E-state index in [0.29, 0.717) is 24.8 Å². The minimum Gasteiger partial charge on any atom is -0.493 e. The van der Waals surface area contributed by atoms with Gasteiger partial charge in [0.1, 0.15) is 11.6 Å². The average Bonchev–Trinajstić information content (AvgIpc) is 2.60. The molecule has 0 aliphatic rings. The van der Waals surface area contributed by atoms with E-state index in [4.69, 9.17) is 9.84 Å². The maximum absolute atomic E-state index is 14.1. The Labute approximate surface area is 160 Å². The molecule has 0 bridgehead atoms. The van der Waals surface area contributed by atoms with Crippen LogP contribution in [0.2, 0.25) is 0 Å². The Morgan fingerprint density at radius 1 is 1.11 bits per heavy atom. The topological polar surface area (TPSA) is 49.8 Å². The van der Waals surface area contributed by atoms with Crippen molar-refractivity contribution in [3.05, 3.63) is 53.3 Å². The molecule has 27 heavy (non-hydrogen) atoms. The van der Waals surface area contributed by atoms with Gasteiger partial charge in [-0.15, -0.1) is 0 Å². The number of ether oxygens (including phenoxy) is 1. The first kappa shape index (κ1) is 20.7. The van der Waals surface area contributed by atoms with E-state index in [2.05, 4.69) is 33.8 Å². The van der Waals surface area contributed by atoms with Crippen LogP contribution < -0.4 is 9.64 Å². The zero-order chi connectivity index (χ0) is 20.1. The number of halogens is 1. The number of carbonyl (C=O) groups is 1. The Hall–Kier alpha value is -2.56. The predicted molar refractivity (Wildman–Crippen MR) is 107 cm³/mol. The van der Waals surface area contributed by atoms with Crippen molar-refractivity contribution in [2.45, 2.75) is 40.5 Å². The second kappa shape index (κ2) is 8.89. The third kappa shape index (κ3) is 5.00. The first-order valence-electron chi connectivity index (χ1n) is 9.31. The number of hydrogen-bond donors (Lipinski definition) is 1. The Morgan fingerprint density at radius 3 is 2.26 bits per heavy atom. The van der Waals surface area contributed by atoms with Crippen molar-refractivity contribution in [2.75, 3.05) is 18.1 Å². The first-order valence-corrected chi connectivity index (χ1v) is 9.31. The maximum Gasteiger partial charge on any atom is 0.338 e. The Morgan fingerprint density at radius 2 is 1.74 bits per heavy atom. The molecule has 2 aromatic rings. The van der Waals surface area contributed by atoms with Crippen LogP contribution in [0.3, 0.4) is 0 Å². The molecule has 146 valence electrons. The van der Waals surface area contributed by atoms with E-state index in [1.54, 1.807) is 6.07 Å². The van der Waals surface area contributed by atoms with Crippen LogP contribution in [0.5, 0.6) is 5.75 Å². The summed E-state index contributed by atoms with van der Waals surface area (Å²) >= 11 is 0. The summed E-state index contributed by atoms with van der Waals surface area (Å²) in [5.41, 5.74) is 2.30. The summed E-state index contributed by atoms with van der Waals surface area (Å²) in [4.78, 5) is 13.0. The Kier molecular flexibility index (Phi) is 6.83. The summed E-state index contributed by atoms with van der Waals surface area (Å²) in [6.07, 6.45) is 0. The number of nitrogens with zero attached hydrogens (tertiary/aromatic N) is 1. The number of aromatic carboxylic acids is 1. The van der Waals surface area contributed by atoms with Gasteiger partial charge >= 0.3 is 5.97 Å². The largest absolute Gasteiger partial charge is 0.493 e. The van der Waals surface area contributed by atoms with Crippen molar-refractivity contribution in [3.63, 3.8) is 0 Å². The zero-order valence-corrected chi connectivity index (χ0v) is 16.6.